The van der Waals surface area contributed by atoms with Crippen LogP contribution in [0.15, 0.2) is 18.2 Å². The third kappa shape index (κ3) is 3.11. The third-order valence-corrected chi connectivity index (χ3v) is 3.55. The van der Waals surface area contributed by atoms with Crippen LogP contribution in [0.2, 0.25) is 0 Å². The number of benzene rings is 1. The van der Waals surface area contributed by atoms with Crippen molar-refractivity contribution in [1.82, 2.24) is 10.6 Å². The lowest BCUT2D eigenvalue weighted by Crippen LogP contribution is -2.50. The fraction of sp³-hybridized carbons (Fsp3) is 0.462. The van der Waals surface area contributed by atoms with Gasteiger partial charge in [0, 0.05) is 18.7 Å². The van der Waals surface area contributed by atoms with Crippen LogP contribution in [0.3, 0.4) is 0 Å². The maximum absolute atomic E-state index is 13.7. The molecule has 20 heavy (non-hydrogen) atoms. The average Bonchev–Trinajstić information content (AvgIpc) is 2.41. The number of hydrogen-bond acceptors (Lipinski definition) is 4. The summed E-state index contributed by atoms with van der Waals surface area (Å²) in [5.74, 6) is -1.12. The third-order valence-electron chi connectivity index (χ3n) is 3.55. The summed E-state index contributed by atoms with van der Waals surface area (Å²) in [6, 6.07) is 2.97. The summed E-state index contributed by atoms with van der Waals surface area (Å²) < 4.78 is 13.7. The van der Waals surface area contributed by atoms with Gasteiger partial charge in [0.25, 0.3) is 11.6 Å². The summed E-state index contributed by atoms with van der Waals surface area (Å²) in [6.45, 7) is 3.57. The van der Waals surface area contributed by atoms with Crippen molar-refractivity contribution in [2.45, 2.75) is 19.4 Å². The Balaban J connectivity index is 2.11. The van der Waals surface area contributed by atoms with Crippen molar-refractivity contribution in [1.29, 1.82) is 0 Å². The maximum atomic E-state index is 13.7. The van der Waals surface area contributed by atoms with Gasteiger partial charge >= 0.3 is 0 Å². The molecule has 1 aliphatic heterocycles. The first-order valence-electron chi connectivity index (χ1n) is 6.44. The summed E-state index contributed by atoms with van der Waals surface area (Å²) in [7, 11) is 0. The van der Waals surface area contributed by atoms with Crippen LogP contribution in [0.4, 0.5) is 10.1 Å². The van der Waals surface area contributed by atoms with Crippen molar-refractivity contribution in [3.05, 3.63) is 39.7 Å². The SMILES string of the molecule is CC1CCNCC1NC(=O)c1ccc([N+](=O)[O-])cc1F. The Labute approximate surface area is 115 Å². The molecule has 2 unspecified atom stereocenters. The second kappa shape index (κ2) is 5.96. The second-order valence-corrected chi connectivity index (χ2v) is 4.97. The summed E-state index contributed by atoms with van der Waals surface area (Å²) in [5, 5.41) is 16.5. The van der Waals surface area contributed by atoms with E-state index >= 15 is 0 Å². The molecule has 2 rings (SSSR count). The number of nitro benzene ring substituents is 1. The van der Waals surface area contributed by atoms with Crippen molar-refractivity contribution in [2.75, 3.05) is 13.1 Å². The number of carbonyl (C=O) groups excluding carboxylic acids is 1. The van der Waals surface area contributed by atoms with Gasteiger partial charge in [-0.2, -0.15) is 0 Å². The Bertz CT molecular complexity index is 536. The van der Waals surface area contributed by atoms with E-state index in [4.69, 9.17) is 0 Å². The highest BCUT2D eigenvalue weighted by Gasteiger charge is 2.24. The van der Waals surface area contributed by atoms with E-state index < -0.39 is 16.6 Å². The molecule has 1 amide bonds. The average molecular weight is 281 g/mol. The zero-order valence-corrected chi connectivity index (χ0v) is 11.1. The van der Waals surface area contributed by atoms with E-state index in [0.29, 0.717) is 12.5 Å². The van der Waals surface area contributed by atoms with Crippen LogP contribution in [-0.4, -0.2) is 30.0 Å². The molecule has 108 valence electrons. The lowest BCUT2D eigenvalue weighted by Gasteiger charge is -2.30. The number of nitrogens with zero attached hydrogens (tertiary/aromatic N) is 1. The van der Waals surface area contributed by atoms with Gasteiger partial charge in [0.2, 0.25) is 0 Å². The number of amides is 1. The Morgan fingerprint density at radius 3 is 2.90 bits per heavy atom. The fourth-order valence-electron chi connectivity index (χ4n) is 2.23. The van der Waals surface area contributed by atoms with Crippen molar-refractivity contribution in [3.63, 3.8) is 0 Å². The molecule has 0 radical (unpaired) electrons. The molecule has 1 aliphatic rings. The molecule has 1 aromatic carbocycles. The minimum Gasteiger partial charge on any atom is -0.348 e. The molecule has 0 spiro atoms. The minimum absolute atomic E-state index is 0.0640. The highest BCUT2D eigenvalue weighted by Crippen LogP contribution is 2.17. The second-order valence-electron chi connectivity index (χ2n) is 4.97. The number of non-ortho nitro benzene ring substituents is 1. The normalized spacial score (nSPS) is 22.3. The largest absolute Gasteiger partial charge is 0.348 e. The molecule has 0 saturated carbocycles. The molecular formula is C13H16FN3O3. The number of piperidine rings is 1. The topological polar surface area (TPSA) is 84.3 Å². The van der Waals surface area contributed by atoms with Gasteiger partial charge in [-0.3, -0.25) is 14.9 Å². The molecule has 2 atom stereocenters. The van der Waals surface area contributed by atoms with Crippen LogP contribution in [0.25, 0.3) is 0 Å². The van der Waals surface area contributed by atoms with E-state index in [0.717, 1.165) is 31.2 Å². The first-order chi connectivity index (χ1) is 9.49. The van der Waals surface area contributed by atoms with Gasteiger partial charge in [0.15, 0.2) is 0 Å². The highest BCUT2D eigenvalue weighted by molar-refractivity contribution is 5.94. The Hall–Kier alpha value is -2.02. The molecular weight excluding hydrogens is 265 g/mol. The lowest BCUT2D eigenvalue weighted by atomic mass is 9.94. The van der Waals surface area contributed by atoms with E-state index in [1.54, 1.807) is 0 Å². The van der Waals surface area contributed by atoms with Crippen LogP contribution in [-0.2, 0) is 0 Å². The smallest absolute Gasteiger partial charge is 0.272 e. The number of nitrogens with one attached hydrogen (secondary N) is 2. The van der Waals surface area contributed by atoms with Crippen LogP contribution >= 0.6 is 0 Å². The summed E-state index contributed by atoms with van der Waals surface area (Å²) >= 11 is 0. The zero-order chi connectivity index (χ0) is 14.7. The van der Waals surface area contributed by atoms with E-state index in [1.807, 2.05) is 6.92 Å². The molecule has 1 fully saturated rings. The van der Waals surface area contributed by atoms with E-state index in [2.05, 4.69) is 10.6 Å². The quantitative estimate of drug-likeness (QED) is 0.649. The van der Waals surface area contributed by atoms with E-state index in [-0.39, 0.29) is 17.3 Å². The van der Waals surface area contributed by atoms with Gasteiger partial charge in [-0.15, -0.1) is 0 Å². The monoisotopic (exact) mass is 281 g/mol. The van der Waals surface area contributed by atoms with Gasteiger partial charge in [-0.05, 0) is 24.9 Å². The minimum atomic E-state index is -0.881. The van der Waals surface area contributed by atoms with Crippen LogP contribution < -0.4 is 10.6 Å². The molecule has 0 bridgehead atoms. The molecule has 6 nitrogen and oxygen atoms in total. The van der Waals surface area contributed by atoms with Crippen molar-refractivity contribution < 1.29 is 14.1 Å². The molecule has 2 N–H and O–H groups in total. The van der Waals surface area contributed by atoms with E-state index in [9.17, 15) is 19.3 Å². The number of rotatable bonds is 3. The van der Waals surface area contributed by atoms with Crippen molar-refractivity contribution in [2.24, 2.45) is 5.92 Å². The molecule has 7 heteroatoms. The van der Waals surface area contributed by atoms with Gasteiger partial charge in [-0.1, -0.05) is 6.92 Å². The fourth-order valence-corrected chi connectivity index (χ4v) is 2.23. The lowest BCUT2D eigenvalue weighted by molar-refractivity contribution is -0.385. The predicted molar refractivity (Wildman–Crippen MR) is 71.0 cm³/mol. The Kier molecular flexibility index (Phi) is 4.29. The highest BCUT2D eigenvalue weighted by atomic mass is 19.1. The number of hydrogen-bond donors (Lipinski definition) is 2. The summed E-state index contributed by atoms with van der Waals surface area (Å²) in [6.07, 6.45) is 0.938. The summed E-state index contributed by atoms with van der Waals surface area (Å²) in [4.78, 5) is 21.8. The number of nitro groups is 1. The van der Waals surface area contributed by atoms with Gasteiger partial charge in [0.05, 0.1) is 16.6 Å². The van der Waals surface area contributed by atoms with Crippen LogP contribution in [0.1, 0.15) is 23.7 Å². The van der Waals surface area contributed by atoms with Gasteiger partial charge < -0.3 is 10.6 Å². The Morgan fingerprint density at radius 1 is 1.55 bits per heavy atom. The van der Waals surface area contributed by atoms with Gasteiger partial charge in [0.1, 0.15) is 5.82 Å². The maximum Gasteiger partial charge on any atom is 0.272 e. The molecule has 1 heterocycles. The number of carbonyl (C=O) groups is 1. The summed E-state index contributed by atoms with van der Waals surface area (Å²) in [5.41, 5.74) is -0.542. The standard InChI is InChI=1S/C13H16FN3O3/c1-8-4-5-15-7-12(8)16-13(18)10-3-2-9(17(19)20)6-11(10)14/h2-3,6,8,12,15H,4-5,7H2,1H3,(H,16,18). The van der Waals surface area contributed by atoms with Gasteiger partial charge in [-0.25, -0.2) is 4.39 Å². The first-order valence-corrected chi connectivity index (χ1v) is 6.44. The molecule has 1 aromatic rings. The van der Waals surface area contributed by atoms with Crippen LogP contribution in [0, 0.1) is 21.8 Å². The van der Waals surface area contributed by atoms with Crippen molar-refractivity contribution in [3.8, 4) is 0 Å². The zero-order valence-electron chi connectivity index (χ0n) is 11.1. The predicted octanol–water partition coefficient (Wildman–Crippen LogP) is 1.46. The number of halogens is 1. The molecule has 0 aliphatic carbocycles. The van der Waals surface area contributed by atoms with Crippen LogP contribution in [0.5, 0.6) is 0 Å². The van der Waals surface area contributed by atoms with Crippen molar-refractivity contribution >= 4 is 11.6 Å². The molecule has 1 saturated heterocycles. The van der Waals surface area contributed by atoms with E-state index in [1.165, 1.54) is 0 Å². The first kappa shape index (κ1) is 14.4. The Morgan fingerprint density at radius 2 is 2.30 bits per heavy atom. The molecule has 0 aromatic heterocycles.